The average Bonchev–Trinajstić information content (AvgIpc) is 2.97. The number of thiazole rings is 1. The molecule has 2 aromatic carbocycles. The summed E-state index contributed by atoms with van der Waals surface area (Å²) in [6.07, 6.45) is 0. The fraction of sp³-hybridized carbons (Fsp3) is 0.0625. The van der Waals surface area contributed by atoms with Crippen LogP contribution in [0.3, 0.4) is 0 Å². The molecule has 20 heavy (non-hydrogen) atoms. The first kappa shape index (κ1) is 12.1. The summed E-state index contributed by atoms with van der Waals surface area (Å²) < 4.78 is 4.61. The van der Waals surface area contributed by atoms with Crippen molar-refractivity contribution in [2.24, 2.45) is 0 Å². The van der Waals surface area contributed by atoms with Gasteiger partial charge in [-0.25, -0.2) is 4.98 Å². The Morgan fingerprint density at radius 3 is 2.60 bits per heavy atom. The summed E-state index contributed by atoms with van der Waals surface area (Å²) in [7, 11) is 0. The molecule has 0 aliphatic heterocycles. The second kappa shape index (κ2) is 4.43. The lowest BCUT2D eigenvalue weighted by Gasteiger charge is -2.00. The summed E-state index contributed by atoms with van der Waals surface area (Å²) in [6.45, 7) is 2.14. The molecule has 2 heterocycles. The Bertz CT molecular complexity index is 919. The van der Waals surface area contributed by atoms with Crippen molar-refractivity contribution in [2.45, 2.75) is 6.92 Å². The van der Waals surface area contributed by atoms with Gasteiger partial charge in [-0.05, 0) is 31.2 Å². The van der Waals surface area contributed by atoms with E-state index in [1.165, 1.54) is 15.9 Å². The molecule has 0 amide bonds. The van der Waals surface area contributed by atoms with Crippen LogP contribution in [0.2, 0.25) is 0 Å². The minimum atomic E-state index is 1.06. The predicted molar refractivity (Wildman–Crippen MR) is 88.4 cm³/mol. The van der Waals surface area contributed by atoms with Gasteiger partial charge in [-0.2, -0.15) is 0 Å². The molecular formula is C16H11BrN2S. The molecule has 2 nitrogen and oxygen atoms in total. The van der Waals surface area contributed by atoms with E-state index in [1.807, 2.05) is 0 Å². The Hall–Kier alpha value is -1.65. The molecule has 4 aromatic rings. The number of para-hydroxylation sites is 1. The molecule has 0 fully saturated rings. The third kappa shape index (κ3) is 1.72. The van der Waals surface area contributed by atoms with Gasteiger partial charge in [0.15, 0.2) is 4.96 Å². The number of aryl methyl sites for hydroxylation is 1. The number of halogens is 1. The van der Waals surface area contributed by atoms with E-state index in [9.17, 15) is 0 Å². The summed E-state index contributed by atoms with van der Waals surface area (Å²) in [5.74, 6) is 0. The molecule has 0 atom stereocenters. The van der Waals surface area contributed by atoms with Crippen LogP contribution >= 0.6 is 27.3 Å². The molecule has 0 saturated heterocycles. The van der Waals surface area contributed by atoms with Crippen LogP contribution in [0.15, 0.2) is 53.0 Å². The Morgan fingerprint density at radius 1 is 1.05 bits per heavy atom. The molecule has 0 aliphatic rings. The molecule has 0 unspecified atom stereocenters. The predicted octanol–water partition coefficient (Wildman–Crippen LogP) is 5.29. The lowest BCUT2D eigenvalue weighted by molar-refractivity contribution is 1.19. The van der Waals surface area contributed by atoms with E-state index in [0.717, 1.165) is 20.7 Å². The van der Waals surface area contributed by atoms with Crippen LogP contribution in [0.5, 0.6) is 0 Å². The van der Waals surface area contributed by atoms with Crippen molar-refractivity contribution in [3.05, 3.63) is 58.7 Å². The highest BCUT2D eigenvalue weighted by atomic mass is 79.9. The zero-order valence-corrected chi connectivity index (χ0v) is 13.2. The van der Waals surface area contributed by atoms with Gasteiger partial charge in [-0.3, -0.25) is 4.40 Å². The fourth-order valence-corrected chi connectivity index (χ4v) is 3.87. The average molecular weight is 343 g/mol. The second-order valence-corrected chi connectivity index (χ2v) is 6.67. The maximum absolute atomic E-state index is 4.82. The van der Waals surface area contributed by atoms with Gasteiger partial charge in [-0.15, -0.1) is 0 Å². The lowest BCUT2D eigenvalue weighted by Crippen LogP contribution is -1.86. The summed E-state index contributed by atoms with van der Waals surface area (Å²) in [4.78, 5) is 5.87. The van der Waals surface area contributed by atoms with E-state index in [-0.39, 0.29) is 0 Å². The first-order chi connectivity index (χ1) is 9.74. The standard InChI is InChI=1S/C16H11BrN2S/c1-10-15(11-6-8-12(17)9-7-11)18-16-19(10)13-4-2-3-5-14(13)20-16/h2-9H,1H3. The number of benzene rings is 2. The molecule has 4 rings (SSSR count). The van der Waals surface area contributed by atoms with Crippen LogP contribution in [-0.4, -0.2) is 9.38 Å². The molecule has 98 valence electrons. The van der Waals surface area contributed by atoms with Crippen LogP contribution in [0.25, 0.3) is 26.4 Å². The summed E-state index contributed by atoms with van der Waals surface area (Å²) in [5, 5.41) is 0. The first-order valence-electron chi connectivity index (χ1n) is 6.36. The maximum Gasteiger partial charge on any atom is 0.195 e. The lowest BCUT2D eigenvalue weighted by atomic mass is 10.1. The van der Waals surface area contributed by atoms with Crippen molar-refractivity contribution in [2.75, 3.05) is 0 Å². The van der Waals surface area contributed by atoms with Gasteiger partial charge in [-0.1, -0.05) is 51.5 Å². The Labute approximate surface area is 128 Å². The number of nitrogens with zero attached hydrogens (tertiary/aromatic N) is 2. The third-order valence-electron chi connectivity index (χ3n) is 3.50. The Kier molecular flexibility index (Phi) is 2.69. The molecule has 2 aromatic heterocycles. The Balaban J connectivity index is 2.02. The second-order valence-electron chi connectivity index (χ2n) is 4.74. The van der Waals surface area contributed by atoms with Crippen LogP contribution in [0.4, 0.5) is 0 Å². The Morgan fingerprint density at radius 2 is 1.80 bits per heavy atom. The molecule has 0 N–H and O–H groups in total. The number of imidazole rings is 1. The number of aromatic nitrogens is 2. The molecule has 0 radical (unpaired) electrons. The van der Waals surface area contributed by atoms with E-state index in [1.54, 1.807) is 11.3 Å². The van der Waals surface area contributed by atoms with Crippen LogP contribution in [0, 0.1) is 6.92 Å². The normalized spacial score (nSPS) is 11.5. The zero-order chi connectivity index (χ0) is 13.7. The van der Waals surface area contributed by atoms with Gasteiger partial charge < -0.3 is 0 Å². The highest BCUT2D eigenvalue weighted by Gasteiger charge is 2.14. The molecule has 0 aliphatic carbocycles. The van der Waals surface area contributed by atoms with Crippen LogP contribution < -0.4 is 0 Å². The van der Waals surface area contributed by atoms with Crippen molar-refractivity contribution in [1.29, 1.82) is 0 Å². The van der Waals surface area contributed by atoms with E-state index >= 15 is 0 Å². The monoisotopic (exact) mass is 342 g/mol. The summed E-state index contributed by atoms with van der Waals surface area (Å²) in [6, 6.07) is 16.8. The van der Waals surface area contributed by atoms with Gasteiger partial charge in [0.1, 0.15) is 0 Å². The number of hydrogen-bond acceptors (Lipinski definition) is 2. The van der Waals surface area contributed by atoms with E-state index < -0.39 is 0 Å². The highest BCUT2D eigenvalue weighted by molar-refractivity contribution is 9.10. The van der Waals surface area contributed by atoms with Gasteiger partial charge in [0.2, 0.25) is 0 Å². The number of hydrogen-bond donors (Lipinski definition) is 0. The van der Waals surface area contributed by atoms with Crippen molar-refractivity contribution >= 4 is 42.4 Å². The fourth-order valence-electron chi connectivity index (χ4n) is 2.54. The summed E-state index contributed by atoms with van der Waals surface area (Å²) in [5.41, 5.74) is 4.65. The topological polar surface area (TPSA) is 17.3 Å². The highest BCUT2D eigenvalue weighted by Crippen LogP contribution is 2.32. The van der Waals surface area contributed by atoms with Crippen molar-refractivity contribution in [3.8, 4) is 11.3 Å². The van der Waals surface area contributed by atoms with Crippen LogP contribution in [-0.2, 0) is 0 Å². The van der Waals surface area contributed by atoms with Crippen LogP contribution in [0.1, 0.15) is 5.69 Å². The van der Waals surface area contributed by atoms with E-state index in [4.69, 9.17) is 4.98 Å². The third-order valence-corrected chi connectivity index (χ3v) is 5.05. The number of rotatable bonds is 1. The van der Waals surface area contributed by atoms with Gasteiger partial charge in [0.05, 0.1) is 15.9 Å². The molecule has 4 heteroatoms. The van der Waals surface area contributed by atoms with Gasteiger partial charge in [0.25, 0.3) is 0 Å². The van der Waals surface area contributed by atoms with Crippen molar-refractivity contribution in [1.82, 2.24) is 9.38 Å². The largest absolute Gasteiger partial charge is 0.287 e. The minimum Gasteiger partial charge on any atom is -0.287 e. The molecule has 0 bridgehead atoms. The van der Waals surface area contributed by atoms with E-state index in [0.29, 0.717) is 0 Å². The quantitative estimate of drug-likeness (QED) is 0.459. The smallest absolute Gasteiger partial charge is 0.195 e. The SMILES string of the molecule is Cc1c(-c2ccc(Br)cc2)nc2sc3ccccc3n12. The van der Waals surface area contributed by atoms with Gasteiger partial charge in [0, 0.05) is 15.7 Å². The molecular weight excluding hydrogens is 332 g/mol. The van der Waals surface area contributed by atoms with Crippen molar-refractivity contribution < 1.29 is 0 Å². The minimum absolute atomic E-state index is 1.06. The van der Waals surface area contributed by atoms with Gasteiger partial charge >= 0.3 is 0 Å². The van der Waals surface area contributed by atoms with E-state index in [2.05, 4.69) is 75.8 Å². The zero-order valence-electron chi connectivity index (χ0n) is 10.8. The number of fused-ring (bicyclic) bond motifs is 3. The maximum atomic E-state index is 4.82. The summed E-state index contributed by atoms with van der Waals surface area (Å²) >= 11 is 5.21. The van der Waals surface area contributed by atoms with Crippen molar-refractivity contribution in [3.63, 3.8) is 0 Å². The first-order valence-corrected chi connectivity index (χ1v) is 7.97. The molecule has 0 saturated carbocycles. The molecule has 0 spiro atoms.